The molecule has 1 aromatic carbocycles. The molecule has 0 radical (unpaired) electrons. The lowest BCUT2D eigenvalue weighted by atomic mass is 10.1. The third kappa shape index (κ3) is 8.08. The minimum absolute atomic E-state index is 0.00475. The number of carbonyl (C=O) groups is 2. The van der Waals surface area contributed by atoms with Gasteiger partial charge in [0.05, 0.1) is 25.0 Å². The number of aromatic nitrogens is 3. The molecule has 2 aromatic heterocycles. The fourth-order valence-corrected chi connectivity index (χ4v) is 6.23. The number of benzene rings is 1. The van der Waals surface area contributed by atoms with E-state index in [1.54, 1.807) is 32.5 Å². The van der Waals surface area contributed by atoms with Crippen LogP contribution in [0.25, 0.3) is 10.6 Å². The van der Waals surface area contributed by atoms with Gasteiger partial charge in [-0.1, -0.05) is 17.4 Å². The summed E-state index contributed by atoms with van der Waals surface area (Å²) in [4.78, 5) is 34.7. The molecule has 1 aliphatic heterocycles. The third-order valence-electron chi connectivity index (χ3n) is 7.08. The highest BCUT2D eigenvalue weighted by Gasteiger charge is 2.29. The molecular weight excluding hydrogens is 596 g/mol. The van der Waals surface area contributed by atoms with Crippen LogP contribution >= 0.6 is 11.3 Å². The number of halogens is 2. The number of aliphatic hydroxyl groups excluding tert-OH is 2. The standard InChI is InChI=1S/C29H39F2N7O5S/c1-29(2,3)43-28(42)35-26-23(34-25(44-26)22-19(30)8-5-9-20(22)31)24(41)33-21-17-32-36(4)27(21)38-11-6-7-18(10-12-38)37(13-15-39)14-16-40/h5,8-9,17-18,39-40H,6-7,10-16H2,1-4H3,(H,33,41)(H,35,42)/t18-/m1/s1. The summed E-state index contributed by atoms with van der Waals surface area (Å²) >= 11 is 0.750. The van der Waals surface area contributed by atoms with E-state index in [1.807, 2.05) is 0 Å². The van der Waals surface area contributed by atoms with E-state index in [1.165, 1.54) is 12.3 Å². The zero-order valence-corrected chi connectivity index (χ0v) is 26.1. The van der Waals surface area contributed by atoms with E-state index in [9.17, 15) is 28.6 Å². The number of hydrogen-bond donors (Lipinski definition) is 4. The molecule has 15 heteroatoms. The van der Waals surface area contributed by atoms with Crippen molar-refractivity contribution in [2.75, 3.05) is 54.9 Å². The second-order valence-corrected chi connectivity index (χ2v) is 12.4. The van der Waals surface area contributed by atoms with E-state index in [0.29, 0.717) is 37.7 Å². The van der Waals surface area contributed by atoms with Gasteiger partial charge >= 0.3 is 6.09 Å². The van der Waals surface area contributed by atoms with Crippen molar-refractivity contribution in [1.29, 1.82) is 0 Å². The van der Waals surface area contributed by atoms with Crippen molar-refractivity contribution < 1.29 is 33.3 Å². The summed E-state index contributed by atoms with van der Waals surface area (Å²) < 4.78 is 36.2. The molecule has 0 saturated carbocycles. The third-order valence-corrected chi connectivity index (χ3v) is 8.07. The largest absolute Gasteiger partial charge is 0.444 e. The van der Waals surface area contributed by atoms with Gasteiger partial charge in [0.25, 0.3) is 5.91 Å². The smallest absolute Gasteiger partial charge is 0.412 e. The van der Waals surface area contributed by atoms with Crippen molar-refractivity contribution in [3.8, 4) is 10.6 Å². The lowest BCUT2D eigenvalue weighted by Crippen LogP contribution is -2.40. The second kappa shape index (κ2) is 14.4. The van der Waals surface area contributed by atoms with Crippen LogP contribution in [0.15, 0.2) is 24.4 Å². The topological polar surface area (TPSA) is 145 Å². The highest BCUT2D eigenvalue weighted by Crippen LogP contribution is 2.36. The van der Waals surface area contributed by atoms with Crippen LogP contribution in [0.3, 0.4) is 0 Å². The molecule has 1 atom stereocenters. The first-order chi connectivity index (χ1) is 20.9. The fraction of sp³-hybridized carbons (Fsp3) is 0.517. The monoisotopic (exact) mass is 635 g/mol. The zero-order chi connectivity index (χ0) is 32.0. The first kappa shape index (κ1) is 33.2. The summed E-state index contributed by atoms with van der Waals surface area (Å²) in [7, 11) is 1.76. The van der Waals surface area contributed by atoms with Gasteiger partial charge in [-0.15, -0.1) is 0 Å². The molecule has 0 bridgehead atoms. The van der Waals surface area contributed by atoms with Crippen LogP contribution in [0.1, 0.15) is 50.5 Å². The maximum Gasteiger partial charge on any atom is 0.412 e. The summed E-state index contributed by atoms with van der Waals surface area (Å²) in [5.74, 6) is -1.78. The Morgan fingerprint density at radius 1 is 1.11 bits per heavy atom. The van der Waals surface area contributed by atoms with Crippen LogP contribution in [-0.4, -0.2) is 92.9 Å². The van der Waals surface area contributed by atoms with Gasteiger partial charge in [0.15, 0.2) is 11.5 Å². The van der Waals surface area contributed by atoms with E-state index in [-0.39, 0.29) is 35.0 Å². The first-order valence-electron chi connectivity index (χ1n) is 14.4. The molecule has 3 aromatic rings. The Morgan fingerprint density at radius 3 is 2.43 bits per heavy atom. The molecule has 1 saturated heterocycles. The average Bonchev–Trinajstić information content (AvgIpc) is 3.41. The predicted molar refractivity (Wildman–Crippen MR) is 164 cm³/mol. The molecule has 4 N–H and O–H groups in total. The minimum atomic E-state index is -0.861. The van der Waals surface area contributed by atoms with Crippen molar-refractivity contribution in [3.05, 3.63) is 41.7 Å². The van der Waals surface area contributed by atoms with Gasteiger partial charge in [0, 0.05) is 39.3 Å². The molecule has 0 unspecified atom stereocenters. The van der Waals surface area contributed by atoms with Gasteiger partial charge in [-0.25, -0.2) is 18.6 Å². The summed E-state index contributed by atoms with van der Waals surface area (Å²) in [6.45, 7) is 7.32. The first-order valence-corrected chi connectivity index (χ1v) is 15.2. The fourth-order valence-electron chi connectivity index (χ4n) is 5.23. The normalized spacial score (nSPS) is 15.8. The second-order valence-electron chi connectivity index (χ2n) is 11.4. The van der Waals surface area contributed by atoms with Crippen LogP contribution in [0.5, 0.6) is 0 Å². The molecule has 1 aliphatic rings. The number of aryl methyl sites for hydroxylation is 1. The van der Waals surface area contributed by atoms with Gasteiger partial charge in [-0.2, -0.15) is 5.10 Å². The summed E-state index contributed by atoms with van der Waals surface area (Å²) in [5, 5.41) is 28.5. The molecule has 240 valence electrons. The lowest BCUT2D eigenvalue weighted by molar-refractivity contribution is 0.0636. The number of rotatable bonds is 10. The van der Waals surface area contributed by atoms with Gasteiger partial charge < -0.3 is 25.2 Å². The molecule has 4 rings (SSSR count). The summed E-state index contributed by atoms with van der Waals surface area (Å²) in [6, 6.07) is 3.57. The molecule has 12 nitrogen and oxygen atoms in total. The number of carbonyl (C=O) groups excluding carboxylic acids is 2. The number of aliphatic hydroxyl groups is 2. The zero-order valence-electron chi connectivity index (χ0n) is 25.3. The average molecular weight is 636 g/mol. The van der Waals surface area contributed by atoms with Crippen LogP contribution in [0.4, 0.5) is 30.1 Å². The van der Waals surface area contributed by atoms with Gasteiger partial charge in [0.2, 0.25) is 0 Å². The number of amides is 2. The number of thiazole rings is 1. The van der Waals surface area contributed by atoms with Crippen LogP contribution in [-0.2, 0) is 11.8 Å². The van der Waals surface area contributed by atoms with Crippen molar-refractivity contribution in [1.82, 2.24) is 19.7 Å². The van der Waals surface area contributed by atoms with Crippen LogP contribution in [0.2, 0.25) is 0 Å². The predicted octanol–water partition coefficient (Wildman–Crippen LogP) is 4.07. The SMILES string of the molecule is Cn1ncc(NC(=O)c2nc(-c3c(F)cccc3F)sc2NC(=O)OC(C)(C)C)c1N1CCC[C@@H](N(CCO)CCO)CC1. The highest BCUT2D eigenvalue weighted by molar-refractivity contribution is 7.19. The molecule has 44 heavy (non-hydrogen) atoms. The van der Waals surface area contributed by atoms with Crippen molar-refractivity contribution in [2.24, 2.45) is 7.05 Å². The van der Waals surface area contributed by atoms with Crippen LogP contribution < -0.4 is 15.5 Å². The summed E-state index contributed by atoms with van der Waals surface area (Å²) in [5.41, 5.74) is -1.09. The quantitative estimate of drug-likeness (QED) is 0.259. The lowest BCUT2D eigenvalue weighted by Gasteiger charge is -2.30. The number of ether oxygens (including phenoxy) is 1. The van der Waals surface area contributed by atoms with Crippen molar-refractivity contribution >= 4 is 39.8 Å². The van der Waals surface area contributed by atoms with Crippen LogP contribution in [0, 0.1) is 11.6 Å². The Kier molecular flexibility index (Phi) is 10.9. The molecule has 1 fully saturated rings. The summed E-state index contributed by atoms with van der Waals surface area (Å²) in [6.07, 6.45) is 3.14. The Labute approximate surface area is 258 Å². The molecule has 3 heterocycles. The number of nitrogens with one attached hydrogen (secondary N) is 2. The van der Waals surface area contributed by atoms with E-state index in [4.69, 9.17) is 4.74 Å². The molecular formula is C29H39F2N7O5S. The van der Waals surface area contributed by atoms with E-state index in [2.05, 4.69) is 30.5 Å². The van der Waals surface area contributed by atoms with Gasteiger partial charge in [-0.3, -0.25) is 19.7 Å². The minimum Gasteiger partial charge on any atom is -0.444 e. The Balaban J connectivity index is 1.60. The molecule has 0 aliphatic carbocycles. The number of hydrogen-bond acceptors (Lipinski definition) is 10. The van der Waals surface area contributed by atoms with Gasteiger partial charge in [0.1, 0.15) is 32.9 Å². The van der Waals surface area contributed by atoms with E-state index < -0.39 is 34.8 Å². The van der Waals surface area contributed by atoms with Gasteiger partial charge in [-0.05, 0) is 52.2 Å². The molecule has 2 amide bonds. The Morgan fingerprint density at radius 2 is 1.80 bits per heavy atom. The Hall–Kier alpha value is -3.66. The molecule has 0 spiro atoms. The van der Waals surface area contributed by atoms with Crippen molar-refractivity contribution in [3.63, 3.8) is 0 Å². The maximum absolute atomic E-state index is 14.6. The van der Waals surface area contributed by atoms with E-state index >= 15 is 0 Å². The highest BCUT2D eigenvalue weighted by atomic mass is 32.1. The number of nitrogens with zero attached hydrogens (tertiary/aromatic N) is 5. The van der Waals surface area contributed by atoms with E-state index in [0.717, 1.165) is 42.7 Å². The van der Waals surface area contributed by atoms with Crippen molar-refractivity contribution in [2.45, 2.75) is 51.7 Å². The maximum atomic E-state index is 14.6. The Bertz CT molecular complexity index is 1430. The number of anilines is 3.